The van der Waals surface area contributed by atoms with Gasteiger partial charge in [-0.15, -0.1) is 35.0 Å². The van der Waals surface area contributed by atoms with Crippen molar-refractivity contribution in [2.24, 2.45) is 30.7 Å². The zero-order chi connectivity index (χ0) is 46.4. The standard InChI is InChI=1S/C30H23N7O21S5/c38-22-6-5-20(33-32-19-4-2-16(13-24(19)56-60(45)46)61(47,48)8-7-55-63(52,53)54)29(40)27(22)35-34-21-12-17(62(49,50)51)9-14-10-25(59-58-57-44)28(30(41)26(14)21)36-31-18-3-1-15(37(42)43)11-23(18)39/h1-6,9-13,38-41,44H,7-8H2,(H,45,46)(H,49,50,51)(H,52,53,54)/b33-32+,35-34-,36-31+. The van der Waals surface area contributed by atoms with Crippen LogP contribution in [-0.4, -0.2) is 86.1 Å². The Bertz CT molecular complexity index is 3100. The van der Waals surface area contributed by atoms with Crippen LogP contribution >= 0.6 is 12.0 Å². The molecular formula is C30H23N7O21S5. The molecule has 0 aliphatic heterocycles. The summed E-state index contributed by atoms with van der Waals surface area (Å²) in [5.74, 6) is -5.04. The van der Waals surface area contributed by atoms with Crippen LogP contribution in [0.1, 0.15) is 0 Å². The van der Waals surface area contributed by atoms with Crippen molar-refractivity contribution in [3.8, 4) is 28.7 Å². The lowest BCUT2D eigenvalue weighted by atomic mass is 10.1. The highest BCUT2D eigenvalue weighted by Crippen LogP contribution is 2.50. The van der Waals surface area contributed by atoms with E-state index in [0.29, 0.717) is 12.1 Å². The van der Waals surface area contributed by atoms with Gasteiger partial charge < -0.3 is 24.6 Å². The van der Waals surface area contributed by atoms with Gasteiger partial charge in [-0.05, 0) is 53.9 Å². The first kappa shape index (κ1) is 47.7. The number of benzene rings is 5. The maximum absolute atomic E-state index is 12.7. The van der Waals surface area contributed by atoms with E-state index in [1.165, 1.54) is 0 Å². The molecule has 1 unspecified atom stereocenters. The lowest BCUT2D eigenvalue weighted by Gasteiger charge is -2.12. The fourth-order valence-corrected chi connectivity index (χ4v) is 7.74. The first-order chi connectivity index (χ1) is 29.5. The molecule has 0 heterocycles. The molecule has 0 spiro atoms. The molecule has 5 aromatic carbocycles. The van der Waals surface area contributed by atoms with Crippen molar-refractivity contribution >= 4 is 104 Å². The SMILES string of the molecule is O=[N+]([O-])c1ccc(/N=N/c2c(SOOO)cc3cc(S(=O)(=O)O)cc(/N=N\c4c(O)ccc(/N=N/c5ccc(S(=O)(=O)CCOS(=O)(=O)O)cc5OS(=O)O)c4O)c3c2O)c(O)c1. The van der Waals surface area contributed by atoms with Crippen molar-refractivity contribution in [1.82, 2.24) is 0 Å². The van der Waals surface area contributed by atoms with Gasteiger partial charge in [-0.1, -0.05) is 5.04 Å². The van der Waals surface area contributed by atoms with Gasteiger partial charge in [0.05, 0.1) is 61.2 Å². The maximum atomic E-state index is 12.7. The third kappa shape index (κ3) is 12.0. The normalized spacial score (nSPS) is 13.1. The number of azo groups is 3. The first-order valence-corrected chi connectivity index (χ1v) is 22.2. The predicted octanol–water partition coefficient (Wildman–Crippen LogP) is 6.60. The minimum atomic E-state index is -5.05. The predicted molar refractivity (Wildman–Crippen MR) is 211 cm³/mol. The lowest BCUT2D eigenvalue weighted by molar-refractivity contribution is -0.432. The van der Waals surface area contributed by atoms with Crippen molar-refractivity contribution in [1.29, 1.82) is 0 Å². The van der Waals surface area contributed by atoms with Gasteiger partial charge >= 0.3 is 21.8 Å². The molecule has 0 amide bonds. The molecule has 0 radical (unpaired) electrons. The van der Waals surface area contributed by atoms with E-state index in [4.69, 9.17) is 14.0 Å². The van der Waals surface area contributed by atoms with Gasteiger partial charge in [0, 0.05) is 12.1 Å². The van der Waals surface area contributed by atoms with Crippen LogP contribution in [0.4, 0.5) is 39.8 Å². The van der Waals surface area contributed by atoms with E-state index >= 15 is 0 Å². The second kappa shape index (κ2) is 19.3. The van der Waals surface area contributed by atoms with Crippen molar-refractivity contribution in [3.05, 3.63) is 76.8 Å². The molecular weight excluding hydrogens is 955 g/mol. The Morgan fingerprint density at radius 2 is 1.35 bits per heavy atom. The summed E-state index contributed by atoms with van der Waals surface area (Å²) in [4.78, 5) is 8.57. The Morgan fingerprint density at radius 1 is 0.714 bits per heavy atom. The molecule has 28 nitrogen and oxygen atoms in total. The van der Waals surface area contributed by atoms with E-state index in [0.717, 1.165) is 54.6 Å². The Kier molecular flexibility index (Phi) is 14.6. The maximum Gasteiger partial charge on any atom is 0.397 e. The smallest absolute Gasteiger partial charge is 0.397 e. The highest BCUT2D eigenvalue weighted by atomic mass is 32.3. The van der Waals surface area contributed by atoms with Crippen LogP contribution in [0.15, 0.2) is 112 Å². The number of sulfone groups is 1. The molecule has 8 N–H and O–H groups in total. The van der Waals surface area contributed by atoms with Crippen LogP contribution in [-0.2, 0) is 55.3 Å². The fourth-order valence-electron chi connectivity index (χ4n) is 4.92. The highest BCUT2D eigenvalue weighted by Gasteiger charge is 2.24. The molecule has 334 valence electrons. The van der Waals surface area contributed by atoms with E-state index in [1.807, 2.05) is 0 Å². The fraction of sp³-hybridized carbons (Fsp3) is 0.0667. The Balaban J connectivity index is 1.59. The molecule has 1 atom stereocenters. The zero-order valence-corrected chi connectivity index (χ0v) is 34.4. The Labute approximate surface area is 357 Å². The minimum Gasteiger partial charge on any atom is -0.505 e. The summed E-state index contributed by atoms with van der Waals surface area (Å²) < 4.78 is 124. The number of phenolic OH excluding ortho intramolecular Hbond substituents is 4. The average Bonchev–Trinajstić information content (AvgIpc) is 3.18. The van der Waals surface area contributed by atoms with Gasteiger partial charge in [0.15, 0.2) is 32.8 Å². The van der Waals surface area contributed by atoms with Crippen LogP contribution in [0, 0.1) is 10.1 Å². The van der Waals surface area contributed by atoms with Gasteiger partial charge in [0.2, 0.25) is 0 Å². The van der Waals surface area contributed by atoms with E-state index in [-0.39, 0.29) is 28.0 Å². The number of fused-ring (bicyclic) bond motifs is 1. The number of nitrogens with zero attached hydrogens (tertiary/aromatic N) is 7. The highest BCUT2D eigenvalue weighted by molar-refractivity contribution is 7.94. The number of nitro benzene ring substituents is 1. The number of rotatable bonds is 18. The zero-order valence-electron chi connectivity index (χ0n) is 30.3. The van der Waals surface area contributed by atoms with Crippen molar-refractivity contribution in [2.45, 2.75) is 14.7 Å². The summed E-state index contributed by atoms with van der Waals surface area (Å²) in [5, 5.41) is 88.9. The van der Waals surface area contributed by atoms with Crippen LogP contribution in [0.2, 0.25) is 0 Å². The Hall–Kier alpha value is -6.37. The van der Waals surface area contributed by atoms with Crippen molar-refractivity contribution in [3.63, 3.8) is 0 Å². The summed E-state index contributed by atoms with van der Waals surface area (Å²) in [7, 11) is -14.4. The lowest BCUT2D eigenvalue weighted by Crippen LogP contribution is -2.15. The summed E-state index contributed by atoms with van der Waals surface area (Å²) >= 11 is -2.89. The number of hydrogen-bond acceptors (Lipinski definition) is 25. The van der Waals surface area contributed by atoms with Crippen molar-refractivity contribution in [2.75, 3.05) is 12.4 Å². The molecule has 33 heteroatoms. The topological polar surface area (TPSA) is 436 Å². The molecule has 63 heavy (non-hydrogen) atoms. The number of phenols is 4. The third-order valence-corrected chi connectivity index (χ3v) is 11.6. The quantitative estimate of drug-likeness (QED) is 0.00871. The second-order valence-electron chi connectivity index (χ2n) is 11.6. The van der Waals surface area contributed by atoms with Gasteiger partial charge in [-0.25, -0.2) is 17.9 Å². The largest absolute Gasteiger partial charge is 0.505 e. The molecule has 0 fully saturated rings. The number of hydrogen-bond donors (Lipinski definition) is 8. The van der Waals surface area contributed by atoms with Crippen LogP contribution in [0.5, 0.6) is 28.7 Å². The van der Waals surface area contributed by atoms with E-state index in [2.05, 4.69) is 44.2 Å². The van der Waals surface area contributed by atoms with Crippen LogP contribution in [0.25, 0.3) is 10.8 Å². The number of non-ortho nitro benzene ring substituents is 1. The molecule has 0 saturated carbocycles. The first-order valence-electron chi connectivity index (χ1n) is 16.0. The van der Waals surface area contributed by atoms with E-state index in [9.17, 15) is 69.1 Å². The second-order valence-corrected chi connectivity index (χ2v) is 17.6. The minimum absolute atomic E-state index is 0.187. The monoisotopic (exact) mass is 977 g/mol. The summed E-state index contributed by atoms with van der Waals surface area (Å²) in [6.07, 6.45) is 0. The molecule has 0 aliphatic carbocycles. The average molecular weight is 978 g/mol. The summed E-state index contributed by atoms with van der Waals surface area (Å²) in [6.45, 7) is -1.00. The van der Waals surface area contributed by atoms with E-state index in [1.54, 1.807) is 0 Å². The molecule has 5 aromatic rings. The summed E-state index contributed by atoms with van der Waals surface area (Å²) in [5.41, 5.74) is -3.74. The Morgan fingerprint density at radius 3 is 1.98 bits per heavy atom. The third-order valence-electron chi connectivity index (χ3n) is 7.65. The number of aromatic hydroxyl groups is 4. The van der Waals surface area contributed by atoms with Gasteiger partial charge in [0.1, 0.15) is 34.2 Å². The molecule has 0 bridgehead atoms. The van der Waals surface area contributed by atoms with Crippen molar-refractivity contribution < 1.29 is 91.5 Å². The van der Waals surface area contributed by atoms with E-state index < -0.39 is 137 Å². The number of nitro groups is 1. The molecule has 0 aromatic heterocycles. The summed E-state index contributed by atoms with van der Waals surface area (Å²) in [6, 6.07) is 9.77. The van der Waals surface area contributed by atoms with Crippen LogP contribution in [0.3, 0.4) is 0 Å². The molecule has 5 rings (SSSR count). The van der Waals surface area contributed by atoms with Gasteiger partial charge in [0.25, 0.3) is 15.8 Å². The molecule has 0 saturated heterocycles. The van der Waals surface area contributed by atoms with Gasteiger partial charge in [-0.2, -0.15) is 21.0 Å². The molecule has 0 aliphatic rings. The van der Waals surface area contributed by atoms with Crippen LogP contribution < -0.4 is 4.18 Å². The van der Waals surface area contributed by atoms with Gasteiger partial charge in [-0.3, -0.25) is 23.8 Å².